The Labute approximate surface area is 172 Å². The van der Waals surface area contributed by atoms with Crippen LogP contribution in [0.1, 0.15) is 17.2 Å². The van der Waals surface area contributed by atoms with Crippen molar-refractivity contribution >= 4 is 16.6 Å². The van der Waals surface area contributed by atoms with E-state index in [4.69, 9.17) is 4.74 Å². The molecule has 5 nitrogen and oxygen atoms in total. The van der Waals surface area contributed by atoms with Crippen molar-refractivity contribution in [3.05, 3.63) is 59.8 Å². The van der Waals surface area contributed by atoms with Crippen LogP contribution in [0.25, 0.3) is 10.9 Å². The van der Waals surface area contributed by atoms with Gasteiger partial charge in [-0.15, -0.1) is 0 Å². The summed E-state index contributed by atoms with van der Waals surface area (Å²) in [6.45, 7) is 3.33. The maximum Gasteiger partial charge on any atom is 0.416 e. The first-order valence-corrected chi connectivity index (χ1v) is 9.94. The second kappa shape index (κ2) is 8.20. The van der Waals surface area contributed by atoms with Gasteiger partial charge in [-0.25, -0.2) is 0 Å². The summed E-state index contributed by atoms with van der Waals surface area (Å²) in [6, 6.07) is 11.2. The van der Waals surface area contributed by atoms with Gasteiger partial charge in [0.15, 0.2) is 0 Å². The average molecular weight is 420 g/mol. The first-order valence-electron chi connectivity index (χ1n) is 9.94. The van der Waals surface area contributed by atoms with Crippen LogP contribution in [0.4, 0.5) is 18.9 Å². The Balaban J connectivity index is 1.39. The quantitative estimate of drug-likeness (QED) is 0.595. The number of alkyl halides is 3. The zero-order chi connectivity index (χ0) is 21.3. The number of fused-ring (bicyclic) bond motifs is 1. The van der Waals surface area contributed by atoms with Crippen LogP contribution in [0.15, 0.2) is 48.7 Å². The third-order valence-electron chi connectivity index (χ3n) is 5.77. The standard InChI is InChI=1S/C22H24F3N3O2/c1-30-17-5-6-20-18(12-17)19(13-26-20)21(29)14-27-7-9-28(10-8-27)16-4-2-3-15(11-16)22(23,24)25/h2-6,11-13,21,26,29H,7-10,14H2,1H3/p+1/t21-/m0/s1. The lowest BCUT2D eigenvalue weighted by molar-refractivity contribution is -0.904. The average Bonchev–Trinajstić information content (AvgIpc) is 3.17. The molecule has 1 saturated heterocycles. The Morgan fingerprint density at radius 2 is 1.93 bits per heavy atom. The number of halogens is 3. The van der Waals surface area contributed by atoms with Gasteiger partial charge < -0.3 is 24.6 Å². The summed E-state index contributed by atoms with van der Waals surface area (Å²) in [5, 5.41) is 11.7. The molecule has 0 spiro atoms. The van der Waals surface area contributed by atoms with Crippen LogP contribution in [0.3, 0.4) is 0 Å². The summed E-state index contributed by atoms with van der Waals surface area (Å²) in [6.07, 6.45) is -3.15. The summed E-state index contributed by atoms with van der Waals surface area (Å²) < 4.78 is 44.2. The summed E-state index contributed by atoms with van der Waals surface area (Å²) in [5.41, 5.74) is 1.74. The number of quaternary nitrogens is 1. The molecule has 1 aromatic heterocycles. The third kappa shape index (κ3) is 4.24. The Morgan fingerprint density at radius 3 is 2.63 bits per heavy atom. The van der Waals surface area contributed by atoms with E-state index in [2.05, 4.69) is 4.98 Å². The number of hydrogen-bond acceptors (Lipinski definition) is 3. The van der Waals surface area contributed by atoms with E-state index in [0.717, 1.165) is 41.4 Å². The van der Waals surface area contributed by atoms with Crippen molar-refractivity contribution in [3.8, 4) is 5.75 Å². The highest BCUT2D eigenvalue weighted by Crippen LogP contribution is 2.31. The van der Waals surface area contributed by atoms with Crippen molar-refractivity contribution in [1.82, 2.24) is 4.98 Å². The number of aliphatic hydroxyl groups excluding tert-OH is 1. The molecule has 0 bridgehead atoms. The Morgan fingerprint density at radius 1 is 1.17 bits per heavy atom. The number of aromatic nitrogens is 1. The second-order valence-electron chi connectivity index (χ2n) is 7.66. The van der Waals surface area contributed by atoms with Gasteiger partial charge in [0.25, 0.3) is 0 Å². The molecular weight excluding hydrogens is 395 g/mol. The van der Waals surface area contributed by atoms with Gasteiger partial charge in [0.1, 0.15) is 18.4 Å². The fourth-order valence-electron chi connectivity index (χ4n) is 4.07. The predicted molar refractivity (Wildman–Crippen MR) is 109 cm³/mol. The molecule has 1 aliphatic rings. The Kier molecular flexibility index (Phi) is 5.62. The van der Waals surface area contributed by atoms with Crippen molar-refractivity contribution in [3.63, 3.8) is 0 Å². The molecule has 0 radical (unpaired) electrons. The summed E-state index contributed by atoms with van der Waals surface area (Å²) in [7, 11) is 1.61. The van der Waals surface area contributed by atoms with Crippen LogP contribution in [-0.4, -0.2) is 49.9 Å². The molecule has 2 aromatic carbocycles. The van der Waals surface area contributed by atoms with Crippen LogP contribution in [-0.2, 0) is 6.18 Å². The molecular formula is C22H25F3N3O2+. The number of aliphatic hydroxyl groups is 1. The number of ether oxygens (including phenoxy) is 1. The van der Waals surface area contributed by atoms with E-state index in [1.54, 1.807) is 13.2 Å². The molecule has 3 N–H and O–H groups in total. The third-order valence-corrected chi connectivity index (χ3v) is 5.77. The highest BCUT2D eigenvalue weighted by molar-refractivity contribution is 5.85. The highest BCUT2D eigenvalue weighted by atomic mass is 19.4. The number of nitrogens with zero attached hydrogens (tertiary/aromatic N) is 1. The topological polar surface area (TPSA) is 52.9 Å². The molecule has 4 rings (SSSR count). The van der Waals surface area contributed by atoms with Gasteiger partial charge in [-0.2, -0.15) is 13.2 Å². The smallest absolute Gasteiger partial charge is 0.416 e. The minimum Gasteiger partial charge on any atom is -0.497 e. The fraction of sp³-hybridized carbons (Fsp3) is 0.364. The molecule has 0 unspecified atom stereocenters. The van der Waals surface area contributed by atoms with Gasteiger partial charge in [-0.1, -0.05) is 6.07 Å². The van der Waals surface area contributed by atoms with E-state index >= 15 is 0 Å². The van der Waals surface area contributed by atoms with E-state index < -0.39 is 17.8 Å². The SMILES string of the molecule is COc1ccc2[nH]cc([C@@H](O)C[NH+]3CCN(c4cccc(C(F)(F)F)c4)CC3)c2c1. The Bertz CT molecular complexity index is 1010. The normalized spacial score (nSPS) is 16.8. The Hall–Kier alpha value is -2.71. The van der Waals surface area contributed by atoms with Gasteiger partial charge in [-0.3, -0.25) is 0 Å². The zero-order valence-electron chi connectivity index (χ0n) is 16.7. The molecule has 1 aliphatic heterocycles. The number of nitrogens with one attached hydrogen (secondary N) is 2. The van der Waals surface area contributed by atoms with Crippen LogP contribution < -0.4 is 14.5 Å². The summed E-state index contributed by atoms with van der Waals surface area (Å²) in [4.78, 5) is 6.38. The number of rotatable bonds is 5. The molecule has 1 fully saturated rings. The van der Waals surface area contributed by atoms with Gasteiger partial charge >= 0.3 is 6.18 Å². The minimum atomic E-state index is -4.34. The van der Waals surface area contributed by atoms with Crippen LogP contribution in [0, 0.1) is 0 Å². The van der Waals surface area contributed by atoms with Crippen molar-refractivity contribution < 1.29 is 27.9 Å². The number of anilines is 1. The fourth-order valence-corrected chi connectivity index (χ4v) is 4.07. The van der Waals surface area contributed by atoms with Crippen LogP contribution >= 0.6 is 0 Å². The molecule has 0 saturated carbocycles. The molecule has 1 atom stereocenters. The molecule has 160 valence electrons. The number of aromatic amines is 1. The lowest BCUT2D eigenvalue weighted by atomic mass is 10.1. The first kappa shape index (κ1) is 20.6. The van der Waals surface area contributed by atoms with Crippen LogP contribution in [0.5, 0.6) is 5.75 Å². The van der Waals surface area contributed by atoms with Crippen LogP contribution in [0.2, 0.25) is 0 Å². The number of hydrogen-bond donors (Lipinski definition) is 3. The molecule has 30 heavy (non-hydrogen) atoms. The van der Waals surface area contributed by atoms with Crippen molar-refractivity contribution in [1.29, 1.82) is 0 Å². The van der Waals surface area contributed by atoms with E-state index in [1.165, 1.54) is 17.0 Å². The lowest BCUT2D eigenvalue weighted by Gasteiger charge is -2.34. The maximum absolute atomic E-state index is 13.0. The molecule has 8 heteroatoms. The first-order chi connectivity index (χ1) is 14.3. The number of H-pyrrole nitrogens is 1. The van der Waals surface area contributed by atoms with E-state index in [0.29, 0.717) is 25.3 Å². The maximum atomic E-state index is 13.0. The highest BCUT2D eigenvalue weighted by Gasteiger charge is 2.31. The monoisotopic (exact) mass is 420 g/mol. The van der Waals surface area contributed by atoms with Gasteiger partial charge in [0.2, 0.25) is 0 Å². The second-order valence-corrected chi connectivity index (χ2v) is 7.66. The van der Waals surface area contributed by atoms with Crippen molar-refractivity contribution in [2.75, 3.05) is 44.7 Å². The predicted octanol–water partition coefficient (Wildman–Crippen LogP) is 2.63. The van der Waals surface area contributed by atoms with Gasteiger partial charge in [0.05, 0.1) is 38.9 Å². The number of methoxy groups -OCH3 is 1. The van der Waals surface area contributed by atoms with Crippen molar-refractivity contribution in [2.24, 2.45) is 0 Å². The molecule has 2 heterocycles. The van der Waals surface area contributed by atoms with E-state index in [-0.39, 0.29) is 0 Å². The van der Waals surface area contributed by atoms with E-state index in [1.807, 2.05) is 29.3 Å². The summed E-state index contributed by atoms with van der Waals surface area (Å²) >= 11 is 0. The summed E-state index contributed by atoms with van der Waals surface area (Å²) in [5.74, 6) is 0.734. The number of benzene rings is 2. The van der Waals surface area contributed by atoms with Gasteiger partial charge in [-0.05, 0) is 36.4 Å². The number of piperazine rings is 1. The van der Waals surface area contributed by atoms with Gasteiger partial charge in [0, 0.05) is 28.4 Å². The van der Waals surface area contributed by atoms with E-state index in [9.17, 15) is 18.3 Å². The lowest BCUT2D eigenvalue weighted by Crippen LogP contribution is -3.15. The molecule has 0 aliphatic carbocycles. The minimum absolute atomic E-state index is 0.542. The largest absolute Gasteiger partial charge is 0.497 e. The molecule has 0 amide bonds. The molecule has 3 aromatic rings. The zero-order valence-corrected chi connectivity index (χ0v) is 16.7. The van der Waals surface area contributed by atoms with Crippen molar-refractivity contribution in [2.45, 2.75) is 12.3 Å².